The van der Waals surface area contributed by atoms with Crippen LogP contribution in [0.3, 0.4) is 0 Å². The molecule has 0 aliphatic rings. The first-order valence-corrected chi connectivity index (χ1v) is 5.37. The summed E-state index contributed by atoms with van der Waals surface area (Å²) in [5.41, 5.74) is 0.251. The highest BCUT2D eigenvalue weighted by Gasteiger charge is 2.17. The minimum Gasteiger partial charge on any atom is -0.349 e. The monoisotopic (exact) mass is 240 g/mol. The maximum Gasteiger partial charge on any atom is 0.287 e. The predicted octanol–water partition coefficient (Wildman–Crippen LogP) is 0.365. The maximum atomic E-state index is 11.8. The van der Waals surface area contributed by atoms with Crippen LogP contribution >= 0.6 is 0 Å². The number of carbonyl (C=O) groups excluding carboxylic acids is 1. The molecule has 0 aliphatic carbocycles. The van der Waals surface area contributed by atoms with Gasteiger partial charge in [0.05, 0.1) is 11.1 Å². The van der Waals surface area contributed by atoms with E-state index in [1.54, 1.807) is 11.6 Å². The lowest BCUT2D eigenvalue weighted by molar-refractivity contribution is -0.384. The summed E-state index contributed by atoms with van der Waals surface area (Å²) in [7, 11) is 1.78. The van der Waals surface area contributed by atoms with Gasteiger partial charge in [-0.2, -0.15) is 0 Å². The fourth-order valence-electron chi connectivity index (χ4n) is 1.44. The van der Waals surface area contributed by atoms with Crippen molar-refractivity contribution in [2.45, 2.75) is 13.5 Å². The SMILES string of the molecule is CCn1cc([N+](=O)[O-])cc1C(=O)NCCNC. The number of aryl methyl sites for hydroxylation is 1. The standard InChI is InChI=1S/C10H16N4O3/c1-3-13-7-8(14(16)17)6-9(13)10(15)12-5-4-11-2/h6-7,11H,3-5H2,1-2H3,(H,12,15). The van der Waals surface area contributed by atoms with Gasteiger partial charge in [0.1, 0.15) is 5.69 Å². The van der Waals surface area contributed by atoms with Crippen molar-refractivity contribution < 1.29 is 9.72 Å². The second-order valence-corrected chi connectivity index (χ2v) is 3.49. The van der Waals surface area contributed by atoms with E-state index in [9.17, 15) is 14.9 Å². The Morgan fingerprint density at radius 1 is 1.53 bits per heavy atom. The molecule has 0 bridgehead atoms. The van der Waals surface area contributed by atoms with Gasteiger partial charge in [-0.1, -0.05) is 0 Å². The van der Waals surface area contributed by atoms with Crippen LogP contribution in [0.2, 0.25) is 0 Å². The third kappa shape index (κ3) is 3.28. The quantitative estimate of drug-likeness (QED) is 0.427. The van der Waals surface area contributed by atoms with Crippen LogP contribution in [-0.4, -0.2) is 35.5 Å². The zero-order valence-corrected chi connectivity index (χ0v) is 9.90. The highest BCUT2D eigenvalue weighted by atomic mass is 16.6. The van der Waals surface area contributed by atoms with Gasteiger partial charge in [0.25, 0.3) is 11.6 Å². The molecule has 0 aromatic carbocycles. The Balaban J connectivity index is 2.81. The van der Waals surface area contributed by atoms with Crippen LogP contribution in [0.1, 0.15) is 17.4 Å². The second-order valence-electron chi connectivity index (χ2n) is 3.49. The highest BCUT2D eigenvalue weighted by molar-refractivity contribution is 5.93. The van der Waals surface area contributed by atoms with Crippen molar-refractivity contribution >= 4 is 11.6 Å². The zero-order chi connectivity index (χ0) is 12.8. The number of likely N-dealkylation sites (N-methyl/N-ethyl adjacent to an activating group) is 1. The molecule has 2 N–H and O–H groups in total. The highest BCUT2D eigenvalue weighted by Crippen LogP contribution is 2.16. The molecule has 1 aromatic rings. The molecule has 0 aliphatic heterocycles. The summed E-state index contributed by atoms with van der Waals surface area (Å²) in [6, 6.07) is 1.29. The molecule has 1 heterocycles. The van der Waals surface area contributed by atoms with E-state index in [-0.39, 0.29) is 11.6 Å². The van der Waals surface area contributed by atoms with Gasteiger partial charge >= 0.3 is 0 Å². The normalized spacial score (nSPS) is 10.2. The van der Waals surface area contributed by atoms with Gasteiger partial charge in [-0.05, 0) is 14.0 Å². The topological polar surface area (TPSA) is 89.2 Å². The molecule has 1 rings (SSSR count). The van der Waals surface area contributed by atoms with Crippen molar-refractivity contribution in [3.8, 4) is 0 Å². The van der Waals surface area contributed by atoms with Crippen molar-refractivity contribution in [2.24, 2.45) is 0 Å². The lowest BCUT2D eigenvalue weighted by Gasteiger charge is -2.06. The molecule has 17 heavy (non-hydrogen) atoms. The lowest BCUT2D eigenvalue weighted by Crippen LogP contribution is -2.31. The van der Waals surface area contributed by atoms with Gasteiger partial charge in [-0.25, -0.2) is 0 Å². The van der Waals surface area contributed by atoms with E-state index >= 15 is 0 Å². The third-order valence-electron chi connectivity index (χ3n) is 2.33. The number of hydrogen-bond acceptors (Lipinski definition) is 4. The van der Waals surface area contributed by atoms with Crippen LogP contribution in [0, 0.1) is 10.1 Å². The van der Waals surface area contributed by atoms with Crippen LogP contribution in [-0.2, 0) is 6.54 Å². The number of nitrogens with zero attached hydrogens (tertiary/aromatic N) is 2. The Bertz CT molecular complexity index is 414. The number of aromatic nitrogens is 1. The second kappa shape index (κ2) is 6.00. The molecule has 1 amide bonds. The minimum atomic E-state index is -0.503. The number of carbonyl (C=O) groups is 1. The maximum absolute atomic E-state index is 11.8. The minimum absolute atomic E-state index is 0.0642. The van der Waals surface area contributed by atoms with Crippen molar-refractivity contribution in [3.05, 3.63) is 28.1 Å². The van der Waals surface area contributed by atoms with E-state index in [1.807, 2.05) is 6.92 Å². The molecule has 0 saturated heterocycles. The van der Waals surface area contributed by atoms with Crippen LogP contribution in [0.4, 0.5) is 5.69 Å². The van der Waals surface area contributed by atoms with Crippen LogP contribution in [0.15, 0.2) is 12.3 Å². The van der Waals surface area contributed by atoms with E-state index in [1.165, 1.54) is 12.3 Å². The van der Waals surface area contributed by atoms with Gasteiger partial charge in [0.2, 0.25) is 0 Å². The van der Waals surface area contributed by atoms with Gasteiger partial charge in [0, 0.05) is 25.7 Å². The zero-order valence-electron chi connectivity index (χ0n) is 9.90. The molecule has 0 spiro atoms. The molecular formula is C10H16N4O3. The number of rotatable bonds is 6. The lowest BCUT2D eigenvalue weighted by atomic mass is 10.3. The molecule has 7 nitrogen and oxygen atoms in total. The number of nitrogens with one attached hydrogen (secondary N) is 2. The van der Waals surface area contributed by atoms with Crippen molar-refractivity contribution in [1.29, 1.82) is 0 Å². The average Bonchev–Trinajstić information content (AvgIpc) is 2.73. The first kappa shape index (κ1) is 13.2. The Kier molecular flexibility index (Phi) is 4.65. The molecule has 0 radical (unpaired) electrons. The van der Waals surface area contributed by atoms with Gasteiger partial charge in [-0.15, -0.1) is 0 Å². The summed E-state index contributed by atoms with van der Waals surface area (Å²) >= 11 is 0. The van der Waals surface area contributed by atoms with Crippen LogP contribution < -0.4 is 10.6 Å². The number of hydrogen-bond donors (Lipinski definition) is 2. The molecule has 7 heteroatoms. The van der Waals surface area contributed by atoms with E-state index in [2.05, 4.69) is 10.6 Å². The Morgan fingerprint density at radius 3 is 2.76 bits per heavy atom. The van der Waals surface area contributed by atoms with Crippen molar-refractivity contribution in [2.75, 3.05) is 20.1 Å². The Morgan fingerprint density at radius 2 is 2.24 bits per heavy atom. The molecule has 0 unspecified atom stereocenters. The summed E-state index contributed by atoms with van der Waals surface area (Å²) in [6.45, 7) is 3.48. The summed E-state index contributed by atoms with van der Waals surface area (Å²) in [6.07, 6.45) is 1.37. The molecule has 1 aromatic heterocycles. The molecule has 94 valence electrons. The smallest absolute Gasteiger partial charge is 0.287 e. The van der Waals surface area contributed by atoms with Gasteiger partial charge < -0.3 is 15.2 Å². The van der Waals surface area contributed by atoms with E-state index in [4.69, 9.17) is 0 Å². The van der Waals surface area contributed by atoms with Crippen molar-refractivity contribution in [3.63, 3.8) is 0 Å². The number of nitro groups is 1. The number of amides is 1. The van der Waals surface area contributed by atoms with E-state index in [0.717, 1.165) is 0 Å². The Labute approximate surface area is 99.0 Å². The van der Waals surface area contributed by atoms with Crippen LogP contribution in [0.5, 0.6) is 0 Å². The van der Waals surface area contributed by atoms with Gasteiger partial charge in [0.15, 0.2) is 0 Å². The largest absolute Gasteiger partial charge is 0.349 e. The first-order valence-electron chi connectivity index (χ1n) is 5.37. The van der Waals surface area contributed by atoms with Crippen LogP contribution in [0.25, 0.3) is 0 Å². The average molecular weight is 240 g/mol. The fraction of sp³-hybridized carbons (Fsp3) is 0.500. The van der Waals surface area contributed by atoms with E-state index < -0.39 is 4.92 Å². The first-order chi connectivity index (χ1) is 8.10. The van der Waals surface area contributed by atoms with Crippen molar-refractivity contribution in [1.82, 2.24) is 15.2 Å². The van der Waals surface area contributed by atoms with E-state index in [0.29, 0.717) is 25.3 Å². The predicted molar refractivity (Wildman–Crippen MR) is 63.0 cm³/mol. The molecule has 0 fully saturated rings. The fourth-order valence-corrected chi connectivity index (χ4v) is 1.44. The molecule has 0 saturated carbocycles. The molecule has 0 atom stereocenters. The summed E-state index contributed by atoms with van der Waals surface area (Å²) in [5.74, 6) is -0.296. The third-order valence-corrected chi connectivity index (χ3v) is 2.33. The Hall–Kier alpha value is -1.89. The van der Waals surface area contributed by atoms with Gasteiger partial charge in [-0.3, -0.25) is 14.9 Å². The molecular weight excluding hydrogens is 224 g/mol. The summed E-state index contributed by atoms with van der Waals surface area (Å²) in [5, 5.41) is 16.2. The summed E-state index contributed by atoms with van der Waals surface area (Å²) < 4.78 is 1.56. The summed E-state index contributed by atoms with van der Waals surface area (Å²) in [4.78, 5) is 21.9.